The zero-order valence-electron chi connectivity index (χ0n) is 10.9. The van der Waals surface area contributed by atoms with Crippen molar-refractivity contribution < 1.29 is 4.79 Å². The molecular weight excluding hydrogens is 275 g/mol. The maximum Gasteiger partial charge on any atom is 0.224 e. The predicted molar refractivity (Wildman–Crippen MR) is 77.3 cm³/mol. The number of rotatable bonds is 5. The lowest BCUT2D eigenvalue weighted by molar-refractivity contribution is -0.124. The summed E-state index contributed by atoms with van der Waals surface area (Å²) < 4.78 is 2.00. The molecule has 0 bridgehead atoms. The lowest BCUT2D eigenvalue weighted by atomic mass is 10.0. The van der Waals surface area contributed by atoms with Crippen molar-refractivity contribution in [2.24, 2.45) is 11.7 Å². The average molecular weight is 297 g/mol. The molecule has 1 aromatic rings. The molecule has 0 saturated heterocycles. The van der Waals surface area contributed by atoms with Gasteiger partial charge in [-0.3, -0.25) is 4.79 Å². The summed E-state index contributed by atoms with van der Waals surface area (Å²) in [6, 6.07) is -0.116. The largest absolute Gasteiger partial charge is 0.354 e. The highest BCUT2D eigenvalue weighted by molar-refractivity contribution is 5.85. The minimum Gasteiger partial charge on any atom is -0.354 e. The van der Waals surface area contributed by atoms with E-state index >= 15 is 0 Å². The van der Waals surface area contributed by atoms with Crippen molar-refractivity contribution in [2.75, 3.05) is 6.54 Å². The number of nitrogens with zero attached hydrogens (tertiary/aromatic N) is 2. The van der Waals surface area contributed by atoms with E-state index < -0.39 is 0 Å². The fourth-order valence-electron chi connectivity index (χ4n) is 1.34. The molecular formula is C11H22Cl2N4O. The van der Waals surface area contributed by atoms with Crippen LogP contribution in [0.25, 0.3) is 0 Å². The molecule has 0 radical (unpaired) electrons. The van der Waals surface area contributed by atoms with Gasteiger partial charge in [0.15, 0.2) is 0 Å². The average Bonchev–Trinajstić information content (AvgIpc) is 2.63. The molecule has 7 heteroatoms. The Labute approximate surface area is 120 Å². The summed E-state index contributed by atoms with van der Waals surface area (Å²) >= 11 is 0. The molecule has 106 valence electrons. The number of hydrogen-bond donors (Lipinski definition) is 2. The van der Waals surface area contributed by atoms with Gasteiger partial charge in [0.05, 0.1) is 0 Å². The normalized spacial score (nSPS) is 12.9. The van der Waals surface area contributed by atoms with Gasteiger partial charge in [-0.05, 0) is 13.8 Å². The van der Waals surface area contributed by atoms with Crippen LogP contribution < -0.4 is 11.1 Å². The second kappa shape index (κ2) is 9.19. The first-order chi connectivity index (χ1) is 7.52. The van der Waals surface area contributed by atoms with Crippen molar-refractivity contribution in [3.8, 4) is 0 Å². The van der Waals surface area contributed by atoms with Crippen LogP contribution in [-0.2, 0) is 11.3 Å². The van der Waals surface area contributed by atoms with Gasteiger partial charge in [-0.1, -0.05) is 6.92 Å². The van der Waals surface area contributed by atoms with Gasteiger partial charge in [-0.15, -0.1) is 24.8 Å². The number of hydrogen-bond acceptors (Lipinski definition) is 3. The summed E-state index contributed by atoms with van der Waals surface area (Å²) in [5.74, 6) is 0.811. The highest BCUT2D eigenvalue weighted by atomic mass is 35.5. The van der Waals surface area contributed by atoms with Crippen molar-refractivity contribution in [1.29, 1.82) is 0 Å². The number of carbonyl (C=O) groups is 1. The number of halogens is 2. The fraction of sp³-hybridized carbons (Fsp3) is 0.636. The van der Waals surface area contributed by atoms with Crippen LogP contribution in [-0.4, -0.2) is 28.0 Å². The second-order valence-electron chi connectivity index (χ2n) is 4.11. The summed E-state index contributed by atoms with van der Waals surface area (Å²) in [5.41, 5.74) is 5.65. The Hall–Kier alpha value is -0.780. The van der Waals surface area contributed by atoms with Crippen LogP contribution in [0.3, 0.4) is 0 Å². The first kappa shape index (κ1) is 19.6. The van der Waals surface area contributed by atoms with Gasteiger partial charge in [-0.25, -0.2) is 4.98 Å². The number of aromatic nitrogens is 2. The van der Waals surface area contributed by atoms with E-state index in [9.17, 15) is 4.79 Å². The Morgan fingerprint density at radius 2 is 2.11 bits per heavy atom. The molecule has 0 aliphatic carbocycles. The molecule has 0 aliphatic heterocycles. The Balaban J connectivity index is 0. The zero-order chi connectivity index (χ0) is 12.1. The maximum atomic E-state index is 11.6. The molecule has 0 fully saturated rings. The minimum absolute atomic E-state index is 0. The Kier molecular flexibility index (Phi) is 9.99. The molecule has 3 N–H and O–H groups in total. The number of amides is 1. The monoisotopic (exact) mass is 296 g/mol. The SMILES string of the molecule is Cc1nccn1CCNC(=O)C(C)C(C)N.Cl.Cl. The van der Waals surface area contributed by atoms with Crippen LogP contribution in [0.5, 0.6) is 0 Å². The van der Waals surface area contributed by atoms with Crippen LogP contribution in [0.1, 0.15) is 19.7 Å². The van der Waals surface area contributed by atoms with Gasteiger partial charge in [0.25, 0.3) is 0 Å². The highest BCUT2D eigenvalue weighted by Crippen LogP contribution is 1.99. The molecule has 1 heterocycles. The van der Waals surface area contributed by atoms with Crippen LogP contribution in [0.15, 0.2) is 12.4 Å². The van der Waals surface area contributed by atoms with Crippen LogP contribution >= 0.6 is 24.8 Å². The lowest BCUT2D eigenvalue weighted by Gasteiger charge is -2.15. The standard InChI is InChI=1S/C11H20N4O.2ClH/c1-8(9(2)12)11(16)14-5-7-15-6-4-13-10(15)3;;/h4,6,8-9H,5,7,12H2,1-3H3,(H,14,16);2*1H. The fourth-order valence-corrected chi connectivity index (χ4v) is 1.34. The molecule has 1 amide bonds. The van der Waals surface area contributed by atoms with Crippen LogP contribution in [0, 0.1) is 12.8 Å². The smallest absolute Gasteiger partial charge is 0.224 e. The topological polar surface area (TPSA) is 72.9 Å². The number of aryl methyl sites for hydroxylation is 1. The lowest BCUT2D eigenvalue weighted by Crippen LogP contribution is -2.39. The first-order valence-electron chi connectivity index (χ1n) is 5.53. The van der Waals surface area contributed by atoms with E-state index in [0.717, 1.165) is 12.4 Å². The Morgan fingerprint density at radius 1 is 1.50 bits per heavy atom. The first-order valence-corrected chi connectivity index (χ1v) is 5.53. The number of nitrogens with two attached hydrogens (primary N) is 1. The minimum atomic E-state index is -0.149. The number of imidazole rings is 1. The third-order valence-electron chi connectivity index (χ3n) is 2.78. The van der Waals surface area contributed by atoms with Crippen molar-refractivity contribution in [3.63, 3.8) is 0 Å². The molecule has 0 aromatic carbocycles. The van der Waals surface area contributed by atoms with Crippen molar-refractivity contribution in [1.82, 2.24) is 14.9 Å². The van der Waals surface area contributed by atoms with E-state index in [1.54, 1.807) is 6.20 Å². The second-order valence-corrected chi connectivity index (χ2v) is 4.11. The van der Waals surface area contributed by atoms with E-state index in [1.165, 1.54) is 0 Å². The molecule has 18 heavy (non-hydrogen) atoms. The maximum absolute atomic E-state index is 11.6. The van der Waals surface area contributed by atoms with E-state index in [0.29, 0.717) is 6.54 Å². The summed E-state index contributed by atoms with van der Waals surface area (Å²) in [7, 11) is 0. The van der Waals surface area contributed by atoms with E-state index in [4.69, 9.17) is 5.73 Å². The van der Waals surface area contributed by atoms with Crippen LogP contribution in [0.4, 0.5) is 0 Å². The Morgan fingerprint density at radius 3 is 2.56 bits per heavy atom. The van der Waals surface area contributed by atoms with Gasteiger partial charge < -0.3 is 15.6 Å². The highest BCUT2D eigenvalue weighted by Gasteiger charge is 2.15. The third kappa shape index (κ3) is 5.71. The van der Waals surface area contributed by atoms with Gasteiger partial charge in [0, 0.05) is 37.4 Å². The van der Waals surface area contributed by atoms with Gasteiger partial charge >= 0.3 is 0 Å². The summed E-state index contributed by atoms with van der Waals surface area (Å²) in [4.78, 5) is 15.7. The van der Waals surface area contributed by atoms with Crippen molar-refractivity contribution >= 4 is 30.7 Å². The van der Waals surface area contributed by atoms with Crippen molar-refractivity contribution in [3.05, 3.63) is 18.2 Å². The molecule has 0 saturated carbocycles. The molecule has 1 rings (SSSR count). The number of nitrogens with one attached hydrogen (secondary N) is 1. The molecule has 5 nitrogen and oxygen atoms in total. The zero-order valence-corrected chi connectivity index (χ0v) is 12.6. The summed E-state index contributed by atoms with van der Waals surface area (Å²) in [5, 5.41) is 2.86. The van der Waals surface area contributed by atoms with Gasteiger partial charge in [-0.2, -0.15) is 0 Å². The summed E-state index contributed by atoms with van der Waals surface area (Å²) in [6.07, 6.45) is 3.65. The summed E-state index contributed by atoms with van der Waals surface area (Å²) in [6.45, 7) is 6.95. The third-order valence-corrected chi connectivity index (χ3v) is 2.78. The molecule has 2 atom stereocenters. The number of carbonyl (C=O) groups excluding carboxylic acids is 1. The van der Waals surface area contributed by atoms with Gasteiger partial charge in [0.2, 0.25) is 5.91 Å². The Bertz CT molecular complexity index is 355. The van der Waals surface area contributed by atoms with E-state index in [1.807, 2.05) is 31.5 Å². The van der Waals surface area contributed by atoms with Gasteiger partial charge in [0.1, 0.15) is 5.82 Å². The quantitative estimate of drug-likeness (QED) is 0.856. The predicted octanol–water partition coefficient (Wildman–Crippen LogP) is 1.13. The molecule has 2 unspecified atom stereocenters. The molecule has 1 aromatic heterocycles. The van der Waals surface area contributed by atoms with Crippen LogP contribution in [0.2, 0.25) is 0 Å². The van der Waals surface area contributed by atoms with E-state index in [2.05, 4.69) is 10.3 Å². The van der Waals surface area contributed by atoms with Crippen molar-refractivity contribution in [2.45, 2.75) is 33.4 Å². The van der Waals surface area contributed by atoms with E-state index in [-0.39, 0.29) is 42.7 Å². The molecule has 0 aliphatic rings. The molecule has 0 spiro atoms.